The van der Waals surface area contributed by atoms with Gasteiger partial charge in [0.15, 0.2) is 0 Å². The van der Waals surface area contributed by atoms with E-state index < -0.39 is 29.4 Å². The van der Waals surface area contributed by atoms with E-state index in [0.717, 1.165) is 0 Å². The molecule has 0 fully saturated rings. The van der Waals surface area contributed by atoms with Gasteiger partial charge in [-0.2, -0.15) is 0 Å². The van der Waals surface area contributed by atoms with Crippen molar-refractivity contribution in [3.63, 3.8) is 0 Å². The maximum atomic E-state index is 10.2. The zero-order valence-electron chi connectivity index (χ0n) is 9.47. The molecule has 0 rings (SSSR count). The molecule has 0 aliphatic heterocycles. The topological polar surface area (TPSA) is 141 Å². The molecule has 10 heteroatoms. The molecule has 7 nitrogen and oxygen atoms in total. The van der Waals surface area contributed by atoms with Crippen LogP contribution in [-0.2, 0) is 14.4 Å². The van der Waals surface area contributed by atoms with Gasteiger partial charge in [-0.25, -0.2) is 0 Å². The smallest absolute Gasteiger partial charge is 0.549 e. The fourth-order valence-corrected chi connectivity index (χ4v) is 0.762. The number of carbonyl (C=O) groups excluding carboxylic acids is 3. The summed E-state index contributed by atoms with van der Waals surface area (Å²) in [5.41, 5.74) is -3.53. The van der Waals surface area contributed by atoms with Crippen LogP contribution in [0.15, 0.2) is 0 Å². The third kappa shape index (κ3) is 4.93. The fourth-order valence-electron chi connectivity index (χ4n) is 0.762. The van der Waals surface area contributed by atoms with Crippen LogP contribution in [0.4, 0.5) is 0 Å². The maximum Gasteiger partial charge on any atom is 1.00 e. The van der Waals surface area contributed by atoms with E-state index >= 15 is 0 Å². The van der Waals surface area contributed by atoms with Crippen LogP contribution in [-0.4, -0.2) is 29.1 Å². The second-order valence-electron chi connectivity index (χ2n) is 2.35. The van der Waals surface area contributed by atoms with E-state index in [0.29, 0.717) is 6.92 Å². The van der Waals surface area contributed by atoms with Gasteiger partial charge in [0.25, 0.3) is 0 Å². The largest absolute Gasteiger partial charge is 1.00 e. The van der Waals surface area contributed by atoms with Crippen LogP contribution in [0.2, 0.25) is 0 Å². The third-order valence-electron chi connectivity index (χ3n) is 1.59. The van der Waals surface area contributed by atoms with Crippen LogP contribution in [0, 0.1) is 5.41 Å². The molecule has 0 spiro atoms. The first kappa shape index (κ1) is 26.0. The van der Waals surface area contributed by atoms with Gasteiger partial charge in [0.1, 0.15) is 5.41 Å². The van der Waals surface area contributed by atoms with Crippen LogP contribution >= 0.6 is 0 Å². The third-order valence-corrected chi connectivity index (χ3v) is 1.59. The Morgan fingerprint density at radius 3 is 1.12 bits per heavy atom. The van der Waals surface area contributed by atoms with Gasteiger partial charge in [-0.05, 0) is 6.92 Å². The van der Waals surface area contributed by atoms with E-state index in [1.165, 1.54) is 0 Å². The Hall–Kier alpha value is 1.37. The van der Waals surface area contributed by atoms with Gasteiger partial charge in [-0.15, -0.1) is 0 Å². The Morgan fingerprint density at radius 2 is 1.12 bits per heavy atom. The molecule has 0 bridgehead atoms. The van der Waals surface area contributed by atoms with Crippen LogP contribution in [0.1, 0.15) is 6.92 Å². The van der Waals surface area contributed by atoms with Crippen molar-refractivity contribution in [2.75, 3.05) is 0 Å². The van der Waals surface area contributed by atoms with Crippen molar-refractivity contribution in [1.82, 2.24) is 0 Å². The van der Waals surface area contributed by atoms with Crippen LogP contribution in [0.25, 0.3) is 0 Å². The molecule has 0 aliphatic carbocycles. The first-order valence-electron chi connectivity index (χ1n) is 3.10. The Morgan fingerprint density at radius 1 is 0.938 bits per heavy atom. The van der Waals surface area contributed by atoms with Gasteiger partial charge in [-0.1, -0.05) is 0 Å². The molecule has 16 heavy (non-hydrogen) atoms. The number of carboxylic acid groups (broad SMARTS) is 3. The zero-order chi connectivity index (χ0) is 10.8. The van der Waals surface area contributed by atoms with Gasteiger partial charge in [0.2, 0.25) is 0 Å². The summed E-state index contributed by atoms with van der Waals surface area (Å²) in [6, 6.07) is 0. The Balaban J connectivity index is -0.000000240. The minimum Gasteiger partial charge on any atom is -0.549 e. The predicted molar refractivity (Wildman–Crippen MR) is 29.1 cm³/mol. The van der Waals surface area contributed by atoms with Crippen molar-refractivity contribution in [2.24, 2.45) is 5.41 Å². The van der Waals surface area contributed by atoms with Crippen molar-refractivity contribution in [3.8, 4) is 0 Å². The SMILES string of the molecule is CC(O)C(C(=O)[O-])(C(=O)[O-])C(=O)[O-].[Na+].[Na+].[Na+]. The number of aliphatic hydroxyl groups is 1. The van der Waals surface area contributed by atoms with E-state index in [2.05, 4.69) is 0 Å². The number of carboxylic acids is 3. The molecule has 0 amide bonds. The molecule has 0 aromatic rings. The molecule has 1 atom stereocenters. The Labute approximate surface area is 157 Å². The maximum absolute atomic E-state index is 10.2. The summed E-state index contributed by atoms with van der Waals surface area (Å²) < 4.78 is 0. The van der Waals surface area contributed by atoms with E-state index in [1.807, 2.05) is 0 Å². The molecule has 0 saturated carbocycles. The van der Waals surface area contributed by atoms with Crippen molar-refractivity contribution < 1.29 is 123 Å². The van der Waals surface area contributed by atoms with Crippen LogP contribution < -0.4 is 104 Å². The molecular formula is C6H5Na3O7. The first-order chi connectivity index (χ1) is 5.77. The molecule has 0 aromatic heterocycles. The summed E-state index contributed by atoms with van der Waals surface area (Å²) in [5, 5.41) is 39.4. The summed E-state index contributed by atoms with van der Waals surface area (Å²) in [5.74, 6) is -7.45. The average molecular weight is 258 g/mol. The minimum absolute atomic E-state index is 0. The molecule has 0 heterocycles. The molecule has 0 aliphatic rings. The van der Waals surface area contributed by atoms with E-state index in [1.54, 1.807) is 0 Å². The average Bonchev–Trinajstić information content (AvgIpc) is 1.82. The van der Waals surface area contributed by atoms with Gasteiger partial charge in [-0.3, -0.25) is 0 Å². The van der Waals surface area contributed by atoms with Gasteiger partial charge in [0, 0.05) is 0 Å². The van der Waals surface area contributed by atoms with Gasteiger partial charge in [0.05, 0.1) is 24.0 Å². The molecule has 0 aromatic carbocycles. The van der Waals surface area contributed by atoms with Gasteiger partial charge < -0.3 is 34.8 Å². The first-order valence-corrected chi connectivity index (χ1v) is 3.10. The standard InChI is InChI=1S/C6H8O7.3Na/c1-2(7)6(3(8)9,4(10)11)5(12)13;;;/h2,7H,1H3,(H,8,9)(H,10,11)(H,12,13);;;/q;3*+1/p-3. The van der Waals surface area contributed by atoms with Crippen molar-refractivity contribution in [1.29, 1.82) is 0 Å². The normalized spacial score (nSPS) is 10.9. The summed E-state index contributed by atoms with van der Waals surface area (Å²) in [6.45, 7) is 0.668. The monoisotopic (exact) mass is 258 g/mol. The molecular weight excluding hydrogens is 253 g/mol. The summed E-state index contributed by atoms with van der Waals surface area (Å²) >= 11 is 0. The summed E-state index contributed by atoms with van der Waals surface area (Å²) in [7, 11) is 0. The number of aliphatic hydroxyl groups excluding tert-OH is 1. The summed E-state index contributed by atoms with van der Waals surface area (Å²) in [6.07, 6.45) is -2.22. The molecule has 74 valence electrons. The summed E-state index contributed by atoms with van der Waals surface area (Å²) in [4.78, 5) is 30.7. The van der Waals surface area contributed by atoms with E-state index in [-0.39, 0.29) is 88.7 Å². The van der Waals surface area contributed by atoms with Crippen molar-refractivity contribution in [2.45, 2.75) is 13.0 Å². The number of carbonyl (C=O) groups is 3. The van der Waals surface area contributed by atoms with Crippen LogP contribution in [0.5, 0.6) is 0 Å². The van der Waals surface area contributed by atoms with E-state index in [9.17, 15) is 29.7 Å². The molecule has 0 radical (unpaired) electrons. The second kappa shape index (κ2) is 10.3. The Bertz CT molecular complexity index is 229. The van der Waals surface area contributed by atoms with Crippen LogP contribution in [0.3, 0.4) is 0 Å². The number of hydrogen-bond acceptors (Lipinski definition) is 7. The fraction of sp³-hybridized carbons (Fsp3) is 0.500. The van der Waals surface area contributed by atoms with Gasteiger partial charge >= 0.3 is 88.7 Å². The molecule has 1 N–H and O–H groups in total. The van der Waals surface area contributed by atoms with Crippen molar-refractivity contribution in [3.05, 3.63) is 0 Å². The minimum atomic E-state index is -3.53. The number of hydrogen-bond donors (Lipinski definition) is 1. The molecule has 0 saturated heterocycles. The number of rotatable bonds is 4. The zero-order valence-corrected chi connectivity index (χ0v) is 15.5. The van der Waals surface area contributed by atoms with E-state index in [4.69, 9.17) is 5.11 Å². The second-order valence-corrected chi connectivity index (χ2v) is 2.35. The predicted octanol–water partition coefficient (Wildman–Crippen LogP) is -14.4. The Kier molecular flexibility index (Phi) is 16.8. The molecule has 1 unspecified atom stereocenters. The quantitative estimate of drug-likeness (QED) is 0.389. The number of aliphatic carboxylic acids is 3. The van der Waals surface area contributed by atoms with Crippen molar-refractivity contribution >= 4 is 17.9 Å².